The van der Waals surface area contributed by atoms with Gasteiger partial charge in [-0.2, -0.15) is 0 Å². The zero-order chi connectivity index (χ0) is 17.2. The van der Waals surface area contributed by atoms with Crippen molar-refractivity contribution in [3.05, 3.63) is 59.2 Å². The van der Waals surface area contributed by atoms with Gasteiger partial charge in [0.1, 0.15) is 11.5 Å². The second-order valence-corrected chi connectivity index (χ2v) is 6.76. The van der Waals surface area contributed by atoms with Gasteiger partial charge in [0.2, 0.25) is 0 Å². The Morgan fingerprint density at radius 1 is 1.16 bits per heavy atom. The standard InChI is InChI=1S/C20H22N2O3/c23-16-4-1-13(2-5-16)18-7-8-21-10-15(18)12-25-17-6-3-14-11-22-20(24)19(14)9-17/h1-6,9,15,18,21,23H,7-8,10-12H2,(H,22,24)/t15-,18-/m1/s1. The van der Waals surface area contributed by atoms with E-state index in [4.69, 9.17) is 4.74 Å². The molecule has 5 nitrogen and oxygen atoms in total. The van der Waals surface area contributed by atoms with E-state index in [-0.39, 0.29) is 5.91 Å². The van der Waals surface area contributed by atoms with Crippen LogP contribution in [0.2, 0.25) is 0 Å². The number of hydrogen-bond donors (Lipinski definition) is 3. The molecular weight excluding hydrogens is 316 g/mol. The first-order valence-corrected chi connectivity index (χ1v) is 8.74. The van der Waals surface area contributed by atoms with E-state index in [0.717, 1.165) is 30.8 Å². The third-order valence-corrected chi connectivity index (χ3v) is 5.16. The Bertz CT molecular complexity index is 773. The fourth-order valence-electron chi connectivity index (χ4n) is 3.74. The van der Waals surface area contributed by atoms with Crippen LogP contribution < -0.4 is 15.4 Å². The van der Waals surface area contributed by atoms with Crippen molar-refractivity contribution in [2.75, 3.05) is 19.7 Å². The first-order valence-electron chi connectivity index (χ1n) is 8.74. The lowest BCUT2D eigenvalue weighted by Crippen LogP contribution is -2.38. The van der Waals surface area contributed by atoms with E-state index in [1.54, 1.807) is 12.1 Å². The summed E-state index contributed by atoms with van der Waals surface area (Å²) < 4.78 is 6.03. The molecule has 5 heteroatoms. The van der Waals surface area contributed by atoms with Crippen LogP contribution in [0.3, 0.4) is 0 Å². The smallest absolute Gasteiger partial charge is 0.252 e. The van der Waals surface area contributed by atoms with Crippen LogP contribution in [0.5, 0.6) is 11.5 Å². The van der Waals surface area contributed by atoms with Crippen molar-refractivity contribution < 1.29 is 14.6 Å². The van der Waals surface area contributed by atoms with Crippen LogP contribution >= 0.6 is 0 Å². The number of carbonyl (C=O) groups is 1. The number of ether oxygens (including phenoxy) is 1. The number of benzene rings is 2. The molecule has 1 fully saturated rings. The Morgan fingerprint density at radius 2 is 2.00 bits per heavy atom. The average Bonchev–Trinajstić information content (AvgIpc) is 3.02. The Kier molecular flexibility index (Phi) is 4.32. The van der Waals surface area contributed by atoms with Crippen LogP contribution in [0.15, 0.2) is 42.5 Å². The molecule has 0 spiro atoms. The van der Waals surface area contributed by atoms with Crippen LogP contribution in [0.1, 0.15) is 33.8 Å². The Hall–Kier alpha value is -2.53. The molecular formula is C20H22N2O3. The highest BCUT2D eigenvalue weighted by Gasteiger charge is 2.27. The van der Waals surface area contributed by atoms with Crippen molar-refractivity contribution in [1.29, 1.82) is 0 Å². The Labute approximate surface area is 147 Å². The molecule has 2 aromatic carbocycles. The van der Waals surface area contributed by atoms with Crippen LogP contribution in [0.25, 0.3) is 0 Å². The molecule has 0 aromatic heterocycles. The monoisotopic (exact) mass is 338 g/mol. The van der Waals surface area contributed by atoms with Crippen LogP contribution in [0, 0.1) is 5.92 Å². The summed E-state index contributed by atoms with van der Waals surface area (Å²) in [7, 11) is 0. The van der Waals surface area contributed by atoms with Gasteiger partial charge in [0.15, 0.2) is 0 Å². The molecule has 2 heterocycles. The maximum atomic E-state index is 11.8. The average molecular weight is 338 g/mol. The number of phenols is 1. The predicted octanol–water partition coefficient (Wildman–Crippen LogP) is 2.41. The molecule has 1 amide bonds. The molecule has 3 N–H and O–H groups in total. The maximum Gasteiger partial charge on any atom is 0.252 e. The van der Waals surface area contributed by atoms with Gasteiger partial charge in [-0.15, -0.1) is 0 Å². The van der Waals surface area contributed by atoms with E-state index in [2.05, 4.69) is 10.6 Å². The van der Waals surface area contributed by atoms with E-state index in [1.807, 2.05) is 30.3 Å². The highest BCUT2D eigenvalue weighted by atomic mass is 16.5. The molecule has 2 aliphatic heterocycles. The van der Waals surface area contributed by atoms with Crippen molar-refractivity contribution in [1.82, 2.24) is 10.6 Å². The SMILES string of the molecule is O=C1NCc2ccc(OC[C@H]3CNCC[C@@H]3c3ccc(O)cc3)cc21. The molecule has 0 unspecified atom stereocenters. The summed E-state index contributed by atoms with van der Waals surface area (Å²) in [6, 6.07) is 13.2. The summed E-state index contributed by atoms with van der Waals surface area (Å²) in [5, 5.41) is 15.8. The third kappa shape index (κ3) is 3.33. The second kappa shape index (κ2) is 6.76. The highest BCUT2D eigenvalue weighted by molar-refractivity contribution is 5.98. The Morgan fingerprint density at radius 3 is 2.84 bits per heavy atom. The van der Waals surface area contributed by atoms with Gasteiger partial charge in [-0.3, -0.25) is 4.79 Å². The number of piperidine rings is 1. The number of rotatable bonds is 4. The van der Waals surface area contributed by atoms with Crippen molar-refractivity contribution in [3.63, 3.8) is 0 Å². The van der Waals surface area contributed by atoms with E-state index >= 15 is 0 Å². The van der Waals surface area contributed by atoms with Gasteiger partial charge in [-0.05, 0) is 54.3 Å². The second-order valence-electron chi connectivity index (χ2n) is 6.76. The fraction of sp³-hybridized carbons (Fsp3) is 0.350. The van der Waals surface area contributed by atoms with E-state index < -0.39 is 0 Å². The molecule has 2 aliphatic rings. The van der Waals surface area contributed by atoms with Crippen molar-refractivity contribution in [2.24, 2.45) is 5.92 Å². The van der Waals surface area contributed by atoms with Crippen LogP contribution in [-0.2, 0) is 6.54 Å². The lowest BCUT2D eigenvalue weighted by Gasteiger charge is -2.32. The number of phenolic OH excluding ortho intramolecular Hbond substituents is 1. The minimum absolute atomic E-state index is 0.0262. The van der Waals surface area contributed by atoms with Crippen molar-refractivity contribution >= 4 is 5.91 Å². The molecule has 2 atom stereocenters. The van der Waals surface area contributed by atoms with Gasteiger partial charge >= 0.3 is 0 Å². The molecule has 0 saturated carbocycles. The fourth-order valence-corrected chi connectivity index (χ4v) is 3.74. The predicted molar refractivity (Wildman–Crippen MR) is 94.9 cm³/mol. The maximum absolute atomic E-state index is 11.8. The van der Waals surface area contributed by atoms with Crippen molar-refractivity contribution in [2.45, 2.75) is 18.9 Å². The van der Waals surface area contributed by atoms with Crippen LogP contribution in [0.4, 0.5) is 0 Å². The Balaban J connectivity index is 1.46. The number of amides is 1. The first kappa shape index (κ1) is 16.0. The number of nitrogens with one attached hydrogen (secondary N) is 2. The molecule has 25 heavy (non-hydrogen) atoms. The number of fused-ring (bicyclic) bond motifs is 1. The summed E-state index contributed by atoms with van der Waals surface area (Å²) in [4.78, 5) is 11.8. The van der Waals surface area contributed by atoms with Crippen LogP contribution in [-0.4, -0.2) is 30.7 Å². The third-order valence-electron chi connectivity index (χ3n) is 5.16. The quantitative estimate of drug-likeness (QED) is 0.801. The molecule has 0 radical (unpaired) electrons. The molecule has 2 aromatic rings. The largest absolute Gasteiger partial charge is 0.508 e. The first-order chi connectivity index (χ1) is 12.2. The lowest BCUT2D eigenvalue weighted by molar-refractivity contribution is 0.0965. The van der Waals surface area contributed by atoms with Gasteiger partial charge < -0.3 is 20.5 Å². The summed E-state index contributed by atoms with van der Waals surface area (Å²) in [5.74, 6) is 1.76. The summed E-state index contributed by atoms with van der Waals surface area (Å²) >= 11 is 0. The van der Waals surface area contributed by atoms with E-state index in [0.29, 0.717) is 36.3 Å². The molecule has 0 aliphatic carbocycles. The normalized spacial score (nSPS) is 22.3. The zero-order valence-corrected chi connectivity index (χ0v) is 14.0. The molecule has 0 bridgehead atoms. The number of aromatic hydroxyl groups is 1. The van der Waals surface area contributed by atoms with Gasteiger partial charge in [0.05, 0.1) is 6.61 Å². The van der Waals surface area contributed by atoms with Gasteiger partial charge in [-0.1, -0.05) is 18.2 Å². The zero-order valence-electron chi connectivity index (χ0n) is 14.0. The molecule has 1 saturated heterocycles. The van der Waals surface area contributed by atoms with Gasteiger partial charge in [0.25, 0.3) is 5.91 Å². The molecule has 130 valence electrons. The number of carbonyl (C=O) groups excluding carboxylic acids is 1. The lowest BCUT2D eigenvalue weighted by atomic mass is 9.81. The van der Waals surface area contributed by atoms with Crippen molar-refractivity contribution in [3.8, 4) is 11.5 Å². The van der Waals surface area contributed by atoms with E-state index in [1.165, 1.54) is 5.56 Å². The summed E-state index contributed by atoms with van der Waals surface area (Å²) in [6.07, 6.45) is 1.05. The topological polar surface area (TPSA) is 70.6 Å². The summed E-state index contributed by atoms with van der Waals surface area (Å²) in [6.45, 7) is 3.08. The minimum atomic E-state index is -0.0262. The number of hydrogen-bond acceptors (Lipinski definition) is 4. The van der Waals surface area contributed by atoms with E-state index in [9.17, 15) is 9.90 Å². The highest BCUT2D eigenvalue weighted by Crippen LogP contribution is 2.32. The molecule has 4 rings (SSSR count). The minimum Gasteiger partial charge on any atom is -0.508 e. The van der Waals surface area contributed by atoms with Gasteiger partial charge in [-0.25, -0.2) is 0 Å². The summed E-state index contributed by atoms with van der Waals surface area (Å²) in [5.41, 5.74) is 2.98. The van der Waals surface area contributed by atoms with Gasteiger partial charge in [0, 0.05) is 24.6 Å².